The smallest absolute Gasteiger partial charge is 0.269 e. The molecule has 3 N–H and O–H groups in total. The molecular formula is C11H15N3O3S. The summed E-state index contributed by atoms with van der Waals surface area (Å²) in [5.41, 5.74) is 6.27. The van der Waals surface area contributed by atoms with Gasteiger partial charge >= 0.3 is 0 Å². The Balaban J connectivity index is 1.90. The Kier molecular flexibility index (Phi) is 3.51. The summed E-state index contributed by atoms with van der Waals surface area (Å²) in [6.45, 7) is 0.356. The van der Waals surface area contributed by atoms with Crippen LogP contribution < -0.4 is 11.1 Å². The number of sulfone groups is 1. The second-order valence-electron chi connectivity index (χ2n) is 4.45. The first-order valence-corrected chi connectivity index (χ1v) is 7.48. The average molecular weight is 269 g/mol. The van der Waals surface area contributed by atoms with Gasteiger partial charge in [0.25, 0.3) is 5.91 Å². The largest absolute Gasteiger partial charge is 0.399 e. The molecule has 0 aliphatic carbocycles. The van der Waals surface area contributed by atoms with E-state index in [9.17, 15) is 13.2 Å². The maximum Gasteiger partial charge on any atom is 0.269 e. The van der Waals surface area contributed by atoms with Gasteiger partial charge in [-0.05, 0) is 24.5 Å². The molecule has 98 valence electrons. The third kappa shape index (κ3) is 3.19. The number of nitrogen functional groups attached to an aromatic ring is 1. The summed E-state index contributed by atoms with van der Waals surface area (Å²) in [5.74, 6) is 0.0356. The number of pyridine rings is 1. The van der Waals surface area contributed by atoms with Crippen LogP contribution in [-0.4, -0.2) is 37.4 Å². The van der Waals surface area contributed by atoms with E-state index in [-0.39, 0.29) is 29.0 Å². The highest BCUT2D eigenvalue weighted by Crippen LogP contribution is 2.17. The number of carbonyl (C=O) groups excluding carboxylic acids is 1. The molecule has 1 unspecified atom stereocenters. The zero-order valence-electron chi connectivity index (χ0n) is 9.80. The molecule has 1 aromatic rings. The van der Waals surface area contributed by atoms with E-state index in [1.54, 1.807) is 6.07 Å². The standard InChI is InChI=1S/C11H15N3O3S/c12-9-1-3-13-10(5-9)11(15)14-6-8-2-4-18(16,17)7-8/h1,3,5,8H,2,4,6-7H2,(H2,12,13)(H,14,15). The minimum absolute atomic E-state index is 0.00000850. The molecule has 1 amide bonds. The van der Waals surface area contributed by atoms with Crippen LogP contribution in [0, 0.1) is 5.92 Å². The molecule has 0 spiro atoms. The predicted molar refractivity (Wildman–Crippen MR) is 67.7 cm³/mol. The number of nitrogens with one attached hydrogen (secondary N) is 1. The van der Waals surface area contributed by atoms with Crippen molar-refractivity contribution in [2.45, 2.75) is 6.42 Å². The number of anilines is 1. The highest BCUT2D eigenvalue weighted by Gasteiger charge is 2.28. The zero-order chi connectivity index (χ0) is 13.2. The van der Waals surface area contributed by atoms with Gasteiger partial charge in [-0.1, -0.05) is 0 Å². The lowest BCUT2D eigenvalue weighted by molar-refractivity contribution is 0.0943. The van der Waals surface area contributed by atoms with E-state index in [1.165, 1.54) is 12.3 Å². The first-order chi connectivity index (χ1) is 8.46. The summed E-state index contributed by atoms with van der Waals surface area (Å²) < 4.78 is 22.5. The fourth-order valence-corrected chi connectivity index (χ4v) is 3.79. The summed E-state index contributed by atoms with van der Waals surface area (Å²) in [7, 11) is -2.90. The Morgan fingerprint density at radius 2 is 2.33 bits per heavy atom. The van der Waals surface area contributed by atoms with Gasteiger partial charge in [-0.15, -0.1) is 0 Å². The van der Waals surface area contributed by atoms with Crippen LogP contribution >= 0.6 is 0 Å². The van der Waals surface area contributed by atoms with Gasteiger partial charge in [-0.2, -0.15) is 0 Å². The molecule has 6 nitrogen and oxygen atoms in total. The normalized spacial score (nSPS) is 21.7. The molecule has 1 aliphatic heterocycles. The molecule has 0 saturated carbocycles. The van der Waals surface area contributed by atoms with Crippen molar-refractivity contribution in [1.29, 1.82) is 0 Å². The lowest BCUT2D eigenvalue weighted by Crippen LogP contribution is -2.30. The van der Waals surface area contributed by atoms with Crippen molar-refractivity contribution in [3.05, 3.63) is 24.0 Å². The fraction of sp³-hybridized carbons (Fsp3) is 0.455. The van der Waals surface area contributed by atoms with Gasteiger partial charge < -0.3 is 11.1 Å². The van der Waals surface area contributed by atoms with Crippen LogP contribution in [0.5, 0.6) is 0 Å². The second kappa shape index (κ2) is 4.93. The van der Waals surface area contributed by atoms with Crippen LogP contribution in [0.3, 0.4) is 0 Å². The SMILES string of the molecule is Nc1ccnc(C(=O)NCC2CCS(=O)(=O)C2)c1. The number of nitrogens with zero attached hydrogens (tertiary/aromatic N) is 1. The summed E-state index contributed by atoms with van der Waals surface area (Å²) >= 11 is 0. The van der Waals surface area contributed by atoms with Crippen molar-refractivity contribution in [1.82, 2.24) is 10.3 Å². The van der Waals surface area contributed by atoms with Gasteiger partial charge in [0.15, 0.2) is 9.84 Å². The Bertz CT molecular complexity index is 556. The van der Waals surface area contributed by atoms with Crippen molar-refractivity contribution in [3.8, 4) is 0 Å². The first kappa shape index (κ1) is 12.8. The lowest BCUT2D eigenvalue weighted by Gasteiger charge is -2.09. The van der Waals surface area contributed by atoms with E-state index < -0.39 is 9.84 Å². The van der Waals surface area contributed by atoms with Gasteiger partial charge in [-0.25, -0.2) is 8.42 Å². The van der Waals surface area contributed by atoms with Crippen molar-refractivity contribution < 1.29 is 13.2 Å². The number of hydrogen-bond acceptors (Lipinski definition) is 5. The van der Waals surface area contributed by atoms with Gasteiger partial charge in [0.2, 0.25) is 0 Å². The molecule has 1 aliphatic rings. The van der Waals surface area contributed by atoms with Gasteiger partial charge in [0, 0.05) is 18.4 Å². The monoisotopic (exact) mass is 269 g/mol. The Labute approximate surface area is 106 Å². The molecule has 1 aromatic heterocycles. The number of nitrogens with two attached hydrogens (primary N) is 1. The lowest BCUT2D eigenvalue weighted by atomic mass is 10.1. The van der Waals surface area contributed by atoms with E-state index in [4.69, 9.17) is 5.73 Å². The molecular weight excluding hydrogens is 254 g/mol. The van der Waals surface area contributed by atoms with E-state index in [2.05, 4.69) is 10.3 Å². The molecule has 1 fully saturated rings. The van der Waals surface area contributed by atoms with E-state index >= 15 is 0 Å². The van der Waals surface area contributed by atoms with Crippen LogP contribution in [0.15, 0.2) is 18.3 Å². The van der Waals surface area contributed by atoms with Crippen LogP contribution in [0.25, 0.3) is 0 Å². The Morgan fingerprint density at radius 1 is 1.56 bits per heavy atom. The molecule has 18 heavy (non-hydrogen) atoms. The molecule has 1 saturated heterocycles. The van der Waals surface area contributed by atoms with Gasteiger partial charge in [0.1, 0.15) is 5.69 Å². The summed E-state index contributed by atoms with van der Waals surface area (Å²) in [6, 6.07) is 3.08. The third-order valence-corrected chi connectivity index (χ3v) is 4.73. The van der Waals surface area contributed by atoms with Gasteiger partial charge in [-0.3, -0.25) is 9.78 Å². The third-order valence-electron chi connectivity index (χ3n) is 2.89. The maximum atomic E-state index is 11.7. The van der Waals surface area contributed by atoms with E-state index in [0.29, 0.717) is 18.7 Å². The number of rotatable bonds is 3. The zero-order valence-corrected chi connectivity index (χ0v) is 10.6. The first-order valence-electron chi connectivity index (χ1n) is 5.66. The molecule has 0 aromatic carbocycles. The van der Waals surface area contributed by atoms with E-state index in [1.807, 2.05) is 0 Å². The molecule has 0 radical (unpaired) electrons. The van der Waals surface area contributed by atoms with Crippen LogP contribution in [0.4, 0.5) is 5.69 Å². The molecule has 7 heteroatoms. The van der Waals surface area contributed by atoms with Crippen molar-refractivity contribution in [3.63, 3.8) is 0 Å². The number of amides is 1. The summed E-state index contributed by atoms with van der Waals surface area (Å²) in [6.07, 6.45) is 2.07. The number of carbonyl (C=O) groups is 1. The van der Waals surface area contributed by atoms with Crippen molar-refractivity contribution in [2.75, 3.05) is 23.8 Å². The molecule has 2 rings (SSSR count). The van der Waals surface area contributed by atoms with Crippen LogP contribution in [0.2, 0.25) is 0 Å². The average Bonchev–Trinajstić information content (AvgIpc) is 2.66. The topological polar surface area (TPSA) is 102 Å². The molecule has 1 atom stereocenters. The van der Waals surface area contributed by atoms with Crippen molar-refractivity contribution >= 4 is 21.4 Å². The highest BCUT2D eigenvalue weighted by molar-refractivity contribution is 7.91. The van der Waals surface area contributed by atoms with Gasteiger partial charge in [0.05, 0.1) is 11.5 Å². The summed E-state index contributed by atoms with van der Waals surface area (Å²) in [4.78, 5) is 15.6. The quantitative estimate of drug-likeness (QED) is 0.793. The van der Waals surface area contributed by atoms with Crippen molar-refractivity contribution in [2.24, 2.45) is 5.92 Å². The predicted octanol–water partition coefficient (Wildman–Crippen LogP) is -0.172. The van der Waals surface area contributed by atoms with Crippen LogP contribution in [0.1, 0.15) is 16.9 Å². The van der Waals surface area contributed by atoms with Crippen LogP contribution in [-0.2, 0) is 9.84 Å². The highest BCUT2D eigenvalue weighted by atomic mass is 32.2. The minimum Gasteiger partial charge on any atom is -0.399 e. The number of aromatic nitrogens is 1. The van der Waals surface area contributed by atoms with E-state index in [0.717, 1.165) is 0 Å². The maximum absolute atomic E-state index is 11.7. The summed E-state index contributed by atoms with van der Waals surface area (Å²) in [5, 5.41) is 2.68. The molecule has 2 heterocycles. The molecule has 0 bridgehead atoms. The number of hydrogen-bond donors (Lipinski definition) is 2. The Morgan fingerprint density at radius 3 is 2.94 bits per heavy atom. The minimum atomic E-state index is -2.90. The fourth-order valence-electron chi connectivity index (χ4n) is 1.93. The Hall–Kier alpha value is -1.63. The second-order valence-corrected chi connectivity index (χ2v) is 6.68.